The Morgan fingerprint density at radius 3 is 2.56 bits per heavy atom. The molecule has 1 amide bonds. The Labute approximate surface area is 202 Å². The van der Waals surface area contributed by atoms with E-state index >= 15 is 0 Å². The molecule has 5 nitrogen and oxygen atoms in total. The normalized spacial score (nSPS) is 10.5. The van der Waals surface area contributed by atoms with Gasteiger partial charge >= 0.3 is 0 Å². The quantitative estimate of drug-likeness (QED) is 0.363. The second kappa shape index (κ2) is 11.6. The fourth-order valence-electron chi connectivity index (χ4n) is 2.96. The van der Waals surface area contributed by atoms with Crippen molar-refractivity contribution in [3.8, 4) is 11.5 Å². The first kappa shape index (κ1) is 23.8. The van der Waals surface area contributed by atoms with Crippen molar-refractivity contribution in [1.29, 1.82) is 0 Å². The van der Waals surface area contributed by atoms with Crippen molar-refractivity contribution < 1.29 is 14.3 Å². The summed E-state index contributed by atoms with van der Waals surface area (Å²) in [4.78, 5) is 12.8. The van der Waals surface area contributed by atoms with Crippen molar-refractivity contribution in [3.63, 3.8) is 0 Å². The van der Waals surface area contributed by atoms with E-state index in [4.69, 9.17) is 21.7 Å². The van der Waals surface area contributed by atoms with E-state index in [0.29, 0.717) is 17.9 Å². The van der Waals surface area contributed by atoms with Crippen LogP contribution < -0.4 is 20.1 Å². The van der Waals surface area contributed by atoms with Gasteiger partial charge in [-0.1, -0.05) is 52.3 Å². The summed E-state index contributed by atoms with van der Waals surface area (Å²) < 4.78 is 12.4. The maximum Gasteiger partial charge on any atom is 0.261 e. The lowest BCUT2D eigenvalue weighted by Crippen LogP contribution is -2.34. The molecule has 0 spiro atoms. The molecule has 3 aromatic carbocycles. The van der Waals surface area contributed by atoms with Gasteiger partial charge in [0.1, 0.15) is 11.5 Å². The molecule has 3 rings (SSSR count). The molecule has 0 aliphatic carbocycles. The summed E-state index contributed by atoms with van der Waals surface area (Å²) in [5.41, 5.74) is 2.34. The summed E-state index contributed by atoms with van der Waals surface area (Å²) >= 11 is 8.73. The SMILES string of the molecule is CC(C)Oc1ccc(Br)cc1C(=O)NC(=S)Nc1cccc(OCCc2ccccc2)c1. The van der Waals surface area contributed by atoms with Crippen LogP contribution >= 0.6 is 28.1 Å². The lowest BCUT2D eigenvalue weighted by atomic mass is 10.2. The van der Waals surface area contributed by atoms with Gasteiger partial charge in [-0.05, 0) is 62.0 Å². The Balaban J connectivity index is 1.57. The van der Waals surface area contributed by atoms with Gasteiger partial charge in [0.25, 0.3) is 5.91 Å². The number of carbonyl (C=O) groups excluding carboxylic acids is 1. The van der Waals surface area contributed by atoms with Gasteiger partial charge in [0.15, 0.2) is 5.11 Å². The maximum absolute atomic E-state index is 12.8. The number of halogens is 1. The highest BCUT2D eigenvalue weighted by Gasteiger charge is 2.16. The molecule has 0 fully saturated rings. The third-order valence-corrected chi connectivity index (χ3v) is 5.07. The predicted molar refractivity (Wildman–Crippen MR) is 136 cm³/mol. The van der Waals surface area contributed by atoms with E-state index in [9.17, 15) is 4.79 Å². The zero-order chi connectivity index (χ0) is 22.9. The molecule has 0 atom stereocenters. The molecule has 3 aromatic rings. The van der Waals surface area contributed by atoms with Gasteiger partial charge in [-0.3, -0.25) is 10.1 Å². The Bertz CT molecular complexity index is 1070. The number of ether oxygens (including phenoxy) is 2. The minimum atomic E-state index is -0.352. The van der Waals surface area contributed by atoms with Crippen molar-refractivity contribution in [2.24, 2.45) is 0 Å². The number of carbonyl (C=O) groups is 1. The van der Waals surface area contributed by atoms with Gasteiger partial charge in [0, 0.05) is 22.6 Å². The summed E-state index contributed by atoms with van der Waals surface area (Å²) in [6.45, 7) is 4.38. The van der Waals surface area contributed by atoms with E-state index in [1.807, 2.05) is 62.4 Å². The zero-order valence-corrected chi connectivity index (χ0v) is 20.3. The number of nitrogens with one attached hydrogen (secondary N) is 2. The van der Waals surface area contributed by atoms with Crippen molar-refractivity contribution in [2.75, 3.05) is 11.9 Å². The molecule has 0 radical (unpaired) electrons. The monoisotopic (exact) mass is 512 g/mol. The first-order valence-corrected chi connectivity index (χ1v) is 11.5. The van der Waals surface area contributed by atoms with E-state index < -0.39 is 0 Å². The zero-order valence-electron chi connectivity index (χ0n) is 17.9. The average Bonchev–Trinajstić information content (AvgIpc) is 2.75. The van der Waals surface area contributed by atoms with Crippen LogP contribution in [-0.4, -0.2) is 23.7 Å². The summed E-state index contributed by atoms with van der Waals surface area (Å²) in [5.74, 6) is 0.867. The van der Waals surface area contributed by atoms with Gasteiger partial charge in [-0.2, -0.15) is 0 Å². The fourth-order valence-corrected chi connectivity index (χ4v) is 3.54. The van der Waals surface area contributed by atoms with Crippen molar-refractivity contribution in [1.82, 2.24) is 5.32 Å². The number of hydrogen-bond donors (Lipinski definition) is 2. The van der Waals surface area contributed by atoms with E-state index in [2.05, 4.69) is 38.7 Å². The fraction of sp³-hybridized carbons (Fsp3) is 0.200. The molecule has 0 heterocycles. The molecule has 0 unspecified atom stereocenters. The van der Waals surface area contributed by atoms with Gasteiger partial charge in [-0.15, -0.1) is 0 Å². The molecule has 0 saturated heterocycles. The largest absolute Gasteiger partial charge is 0.493 e. The highest BCUT2D eigenvalue weighted by molar-refractivity contribution is 9.10. The number of anilines is 1. The number of amides is 1. The van der Waals surface area contributed by atoms with Crippen LogP contribution in [0.4, 0.5) is 5.69 Å². The molecule has 0 aliphatic heterocycles. The number of hydrogen-bond acceptors (Lipinski definition) is 4. The average molecular weight is 513 g/mol. The first-order valence-electron chi connectivity index (χ1n) is 10.3. The van der Waals surface area contributed by atoms with Crippen molar-refractivity contribution in [2.45, 2.75) is 26.4 Å². The highest BCUT2D eigenvalue weighted by Crippen LogP contribution is 2.24. The second-order valence-electron chi connectivity index (χ2n) is 7.33. The van der Waals surface area contributed by atoms with Crippen LogP contribution in [0.25, 0.3) is 0 Å². The third-order valence-electron chi connectivity index (χ3n) is 4.37. The van der Waals surface area contributed by atoms with Crippen LogP contribution in [0.15, 0.2) is 77.3 Å². The van der Waals surface area contributed by atoms with Gasteiger partial charge < -0.3 is 14.8 Å². The van der Waals surface area contributed by atoms with Crippen LogP contribution in [0.3, 0.4) is 0 Å². The van der Waals surface area contributed by atoms with Crippen LogP contribution in [0.1, 0.15) is 29.8 Å². The molecular weight excluding hydrogens is 488 g/mol. The summed E-state index contributed by atoms with van der Waals surface area (Å²) in [6, 6.07) is 22.9. The molecule has 0 saturated carbocycles. The van der Waals surface area contributed by atoms with Crippen molar-refractivity contribution >= 4 is 44.9 Å². The van der Waals surface area contributed by atoms with E-state index in [1.54, 1.807) is 12.1 Å². The minimum absolute atomic E-state index is 0.0579. The Hall–Kier alpha value is -2.90. The van der Waals surface area contributed by atoms with Gasteiger partial charge in [0.05, 0.1) is 18.3 Å². The van der Waals surface area contributed by atoms with Gasteiger partial charge in [-0.25, -0.2) is 0 Å². The third kappa shape index (κ3) is 7.35. The topological polar surface area (TPSA) is 59.6 Å². The molecule has 0 aromatic heterocycles. The molecule has 166 valence electrons. The van der Waals surface area contributed by atoms with Crippen LogP contribution in [0.5, 0.6) is 11.5 Å². The second-order valence-corrected chi connectivity index (χ2v) is 8.65. The van der Waals surface area contributed by atoms with E-state index in [0.717, 1.165) is 22.3 Å². The number of thiocarbonyl (C=S) groups is 1. The van der Waals surface area contributed by atoms with E-state index in [1.165, 1.54) is 5.56 Å². The lowest BCUT2D eigenvalue weighted by Gasteiger charge is -2.15. The molecule has 32 heavy (non-hydrogen) atoms. The molecule has 0 aliphatic rings. The minimum Gasteiger partial charge on any atom is -0.493 e. The molecular formula is C25H25BrN2O3S. The predicted octanol–water partition coefficient (Wildman–Crippen LogP) is 5.98. The summed E-state index contributed by atoms with van der Waals surface area (Å²) in [6.07, 6.45) is 0.762. The Morgan fingerprint density at radius 1 is 1.03 bits per heavy atom. The van der Waals surface area contributed by atoms with Crippen LogP contribution in [0, 0.1) is 0 Å². The standard InChI is InChI=1S/C25H25BrN2O3S/c1-17(2)31-23-12-11-19(26)15-22(23)24(29)28-25(32)27-20-9-6-10-21(16-20)30-14-13-18-7-4-3-5-8-18/h3-12,15-17H,13-14H2,1-2H3,(H2,27,28,29,32). The smallest absolute Gasteiger partial charge is 0.261 e. The Kier molecular flexibility index (Phi) is 8.64. The maximum atomic E-state index is 12.8. The van der Waals surface area contributed by atoms with E-state index in [-0.39, 0.29) is 17.1 Å². The summed E-state index contributed by atoms with van der Waals surface area (Å²) in [7, 11) is 0. The van der Waals surface area contributed by atoms with Crippen LogP contribution in [0.2, 0.25) is 0 Å². The first-order chi connectivity index (χ1) is 15.4. The molecule has 2 N–H and O–H groups in total. The Morgan fingerprint density at radius 2 is 1.81 bits per heavy atom. The lowest BCUT2D eigenvalue weighted by molar-refractivity contribution is 0.0972. The van der Waals surface area contributed by atoms with Gasteiger partial charge in [0.2, 0.25) is 0 Å². The molecule has 7 heteroatoms. The highest BCUT2D eigenvalue weighted by atomic mass is 79.9. The van der Waals surface area contributed by atoms with Crippen molar-refractivity contribution in [3.05, 3.63) is 88.4 Å². The summed E-state index contributed by atoms with van der Waals surface area (Å²) in [5, 5.41) is 5.93. The number of rotatable bonds is 8. The molecule has 0 bridgehead atoms. The van der Waals surface area contributed by atoms with Crippen LogP contribution in [-0.2, 0) is 6.42 Å². The number of benzene rings is 3.